The Bertz CT molecular complexity index is 1570. The van der Waals surface area contributed by atoms with Crippen molar-refractivity contribution in [3.05, 3.63) is 77.6 Å². The lowest BCUT2D eigenvalue weighted by molar-refractivity contribution is 0.0925. The van der Waals surface area contributed by atoms with Gasteiger partial charge in [0.1, 0.15) is 5.82 Å². The first kappa shape index (κ1) is 27.4. The Kier molecular flexibility index (Phi) is 7.99. The molecule has 3 heterocycles. The van der Waals surface area contributed by atoms with Crippen LogP contribution in [0.4, 0.5) is 21.6 Å². The first-order valence-electron chi connectivity index (χ1n) is 13.8. The van der Waals surface area contributed by atoms with E-state index in [1.807, 2.05) is 30.3 Å². The van der Waals surface area contributed by atoms with Crippen LogP contribution in [0.15, 0.2) is 55.0 Å². The van der Waals surface area contributed by atoms with Crippen molar-refractivity contribution >= 4 is 57.2 Å². The van der Waals surface area contributed by atoms with E-state index in [-0.39, 0.29) is 29.4 Å². The Balaban J connectivity index is 1.14. The summed E-state index contributed by atoms with van der Waals surface area (Å²) in [5.41, 5.74) is 3.42. The first-order valence-corrected chi connectivity index (χ1v) is 15.3. The van der Waals surface area contributed by atoms with Crippen molar-refractivity contribution in [3.8, 4) is 0 Å². The van der Waals surface area contributed by atoms with E-state index in [1.165, 1.54) is 28.5 Å². The molecule has 0 unspecified atom stereocenters. The third-order valence-corrected chi connectivity index (χ3v) is 8.32. The lowest BCUT2D eigenvalue weighted by atomic mass is 9.91. The van der Waals surface area contributed by atoms with Gasteiger partial charge in [-0.25, -0.2) is 13.9 Å². The van der Waals surface area contributed by atoms with Gasteiger partial charge in [-0.1, -0.05) is 34.7 Å². The quantitative estimate of drug-likeness (QED) is 0.143. The lowest BCUT2D eigenvalue weighted by Gasteiger charge is -2.30. The SMILES string of the molecule is O=C(N[C@H]1CC[C@H](Nc2cc(NC3CC3)c3ncc(C(=O)Nc4ccncc4F)n3n2)CC1)c1ccc(CI)cc1. The number of nitrogens with one attached hydrogen (secondary N) is 4. The number of fused-ring (bicyclic) bond motifs is 1. The standard InChI is InChI=1S/C29H30FIN8O2/c30-22-15-32-12-11-23(22)37-29(41)25-16-33-27-24(34-19-5-6-19)13-26(38-39(25)27)35-20-7-9-21(10-8-20)36-28(40)18-3-1-17(14-31)2-4-18/h1-4,11-13,15-16,19-21,34H,5-10,14H2,(H,35,38)(H,36,40)(H,32,37,41)/t20-,21-. The molecule has 0 aliphatic heterocycles. The molecule has 0 atom stereocenters. The monoisotopic (exact) mass is 668 g/mol. The van der Waals surface area contributed by atoms with E-state index >= 15 is 0 Å². The van der Waals surface area contributed by atoms with E-state index in [0.29, 0.717) is 23.1 Å². The molecule has 0 saturated heterocycles. The molecule has 41 heavy (non-hydrogen) atoms. The minimum Gasteiger partial charge on any atom is -0.379 e. The van der Waals surface area contributed by atoms with E-state index in [9.17, 15) is 14.0 Å². The number of carbonyl (C=O) groups is 2. The summed E-state index contributed by atoms with van der Waals surface area (Å²) >= 11 is 2.31. The zero-order chi connectivity index (χ0) is 28.3. The summed E-state index contributed by atoms with van der Waals surface area (Å²) in [4.78, 5) is 34.0. The van der Waals surface area contributed by atoms with Crippen LogP contribution in [0.3, 0.4) is 0 Å². The maximum absolute atomic E-state index is 14.1. The Morgan fingerprint density at radius 1 is 0.902 bits per heavy atom. The molecule has 4 N–H and O–H groups in total. The molecule has 2 aliphatic rings. The summed E-state index contributed by atoms with van der Waals surface area (Å²) in [6.07, 6.45) is 9.48. The van der Waals surface area contributed by atoms with Gasteiger partial charge in [0.25, 0.3) is 11.8 Å². The third-order valence-electron chi connectivity index (χ3n) is 7.44. The topological polar surface area (TPSA) is 125 Å². The molecule has 212 valence electrons. The molecule has 0 radical (unpaired) electrons. The number of halogens is 2. The van der Waals surface area contributed by atoms with Gasteiger partial charge in [-0.15, -0.1) is 5.10 Å². The summed E-state index contributed by atoms with van der Waals surface area (Å²) < 4.78 is 16.5. The molecule has 6 rings (SSSR count). The van der Waals surface area contributed by atoms with Gasteiger partial charge in [-0.05, 0) is 62.3 Å². The molecular formula is C29H30FIN8O2. The molecule has 2 aliphatic carbocycles. The van der Waals surface area contributed by atoms with Crippen LogP contribution in [0.25, 0.3) is 5.65 Å². The number of anilines is 3. The second-order valence-corrected chi connectivity index (χ2v) is 11.3. The number of imidazole rings is 1. The maximum Gasteiger partial charge on any atom is 0.276 e. The van der Waals surface area contributed by atoms with Gasteiger partial charge < -0.3 is 21.3 Å². The average molecular weight is 669 g/mol. The predicted octanol–water partition coefficient (Wildman–Crippen LogP) is 5.18. The van der Waals surface area contributed by atoms with Crippen LogP contribution in [0.5, 0.6) is 0 Å². The largest absolute Gasteiger partial charge is 0.379 e. The number of benzene rings is 1. The van der Waals surface area contributed by atoms with E-state index in [4.69, 9.17) is 0 Å². The minimum absolute atomic E-state index is 0.0343. The van der Waals surface area contributed by atoms with Crippen molar-refractivity contribution in [2.45, 2.75) is 61.1 Å². The molecule has 2 amide bonds. The molecule has 12 heteroatoms. The number of rotatable bonds is 9. The normalized spacial score (nSPS) is 18.6. The number of nitrogens with zero attached hydrogens (tertiary/aromatic N) is 4. The van der Waals surface area contributed by atoms with E-state index < -0.39 is 11.7 Å². The van der Waals surface area contributed by atoms with Gasteiger partial charge in [0.2, 0.25) is 0 Å². The van der Waals surface area contributed by atoms with E-state index in [1.54, 1.807) is 0 Å². The van der Waals surface area contributed by atoms with Crippen molar-refractivity contribution in [3.63, 3.8) is 0 Å². The highest BCUT2D eigenvalue weighted by molar-refractivity contribution is 14.1. The summed E-state index contributed by atoms with van der Waals surface area (Å²) in [5.74, 6) is -0.570. The number of hydrogen-bond donors (Lipinski definition) is 4. The van der Waals surface area contributed by atoms with Crippen molar-refractivity contribution in [1.82, 2.24) is 24.9 Å². The lowest BCUT2D eigenvalue weighted by Crippen LogP contribution is -2.40. The summed E-state index contributed by atoms with van der Waals surface area (Å²) in [7, 11) is 0. The second-order valence-electron chi connectivity index (χ2n) is 10.5. The van der Waals surface area contributed by atoms with Crippen LogP contribution in [-0.4, -0.2) is 49.5 Å². The van der Waals surface area contributed by atoms with Crippen LogP contribution in [0.1, 0.15) is 64.9 Å². The van der Waals surface area contributed by atoms with Crippen LogP contribution >= 0.6 is 22.6 Å². The first-order chi connectivity index (χ1) is 20.0. The molecular weight excluding hydrogens is 638 g/mol. The predicted molar refractivity (Wildman–Crippen MR) is 163 cm³/mol. The summed E-state index contributed by atoms with van der Waals surface area (Å²) in [6, 6.07) is 11.7. The number of amides is 2. The molecule has 1 aromatic carbocycles. The zero-order valence-corrected chi connectivity index (χ0v) is 24.4. The van der Waals surface area contributed by atoms with E-state index in [2.05, 4.69) is 58.9 Å². The molecule has 2 fully saturated rings. The highest BCUT2D eigenvalue weighted by Crippen LogP contribution is 2.30. The average Bonchev–Trinajstić information content (AvgIpc) is 3.70. The van der Waals surface area contributed by atoms with E-state index in [0.717, 1.165) is 54.8 Å². The molecule has 0 spiro atoms. The fraction of sp³-hybridized carbons (Fsp3) is 0.345. The number of alkyl halides is 1. The zero-order valence-electron chi connectivity index (χ0n) is 22.2. The number of hydrogen-bond acceptors (Lipinski definition) is 7. The van der Waals surface area contributed by atoms with Gasteiger partial charge >= 0.3 is 0 Å². The van der Waals surface area contributed by atoms with Crippen LogP contribution in [0, 0.1) is 5.82 Å². The molecule has 2 saturated carbocycles. The molecule has 3 aromatic heterocycles. The van der Waals surface area contributed by atoms with Gasteiger partial charge in [-0.2, -0.15) is 0 Å². The number of carbonyl (C=O) groups excluding carboxylic acids is 2. The smallest absolute Gasteiger partial charge is 0.276 e. The van der Waals surface area contributed by atoms with Gasteiger partial charge in [-0.3, -0.25) is 14.6 Å². The second kappa shape index (κ2) is 12.0. The van der Waals surface area contributed by atoms with Gasteiger partial charge in [0, 0.05) is 40.4 Å². The molecule has 10 nitrogen and oxygen atoms in total. The van der Waals surface area contributed by atoms with Crippen molar-refractivity contribution in [2.24, 2.45) is 0 Å². The fourth-order valence-corrected chi connectivity index (χ4v) is 5.52. The maximum atomic E-state index is 14.1. The van der Waals surface area contributed by atoms with Crippen molar-refractivity contribution in [1.29, 1.82) is 0 Å². The number of pyridine rings is 1. The number of aromatic nitrogens is 4. The Morgan fingerprint density at radius 3 is 2.32 bits per heavy atom. The Labute approximate surface area is 250 Å². The van der Waals surface area contributed by atoms with Gasteiger partial charge in [0.15, 0.2) is 17.2 Å². The Hall–Kier alpha value is -3.81. The van der Waals surface area contributed by atoms with Crippen molar-refractivity contribution < 1.29 is 14.0 Å². The third kappa shape index (κ3) is 6.42. The van der Waals surface area contributed by atoms with Gasteiger partial charge in [0.05, 0.1) is 23.8 Å². The van der Waals surface area contributed by atoms with Crippen LogP contribution in [0.2, 0.25) is 0 Å². The highest BCUT2D eigenvalue weighted by Gasteiger charge is 2.26. The van der Waals surface area contributed by atoms with Crippen molar-refractivity contribution in [2.75, 3.05) is 16.0 Å². The summed E-state index contributed by atoms with van der Waals surface area (Å²) in [5, 5.41) is 17.5. The van der Waals surface area contributed by atoms with Crippen LogP contribution in [-0.2, 0) is 4.43 Å². The summed E-state index contributed by atoms with van der Waals surface area (Å²) in [6.45, 7) is 0. The highest BCUT2D eigenvalue weighted by atomic mass is 127. The Morgan fingerprint density at radius 2 is 1.61 bits per heavy atom. The van der Waals surface area contributed by atoms with Crippen LogP contribution < -0.4 is 21.3 Å². The minimum atomic E-state index is -0.623. The molecule has 0 bridgehead atoms. The fourth-order valence-electron chi connectivity index (χ4n) is 5.02. The molecule has 4 aromatic rings.